The van der Waals surface area contributed by atoms with Crippen LogP contribution in [0.5, 0.6) is 0 Å². The smallest absolute Gasteiger partial charge is 0.410 e. The van der Waals surface area contributed by atoms with Crippen LogP contribution in [0.25, 0.3) is 11.1 Å². The van der Waals surface area contributed by atoms with E-state index in [4.69, 9.17) is 9.84 Å². The van der Waals surface area contributed by atoms with Crippen LogP contribution in [0.15, 0.2) is 47.4 Å². The minimum atomic E-state index is -0.497. The van der Waals surface area contributed by atoms with E-state index in [1.807, 2.05) is 50.4 Å². The first-order valence-corrected chi connectivity index (χ1v) is 9.70. The molecule has 1 aliphatic rings. The monoisotopic (exact) mass is 384 g/mol. The number of aliphatic hydroxyl groups is 1. The van der Waals surface area contributed by atoms with Crippen molar-refractivity contribution in [3.8, 4) is 11.1 Å². The molecule has 6 nitrogen and oxygen atoms in total. The van der Waals surface area contributed by atoms with Gasteiger partial charge in [0.2, 0.25) is 5.56 Å². The summed E-state index contributed by atoms with van der Waals surface area (Å²) >= 11 is 0. The number of cyclic esters (lactones) is 1. The topological polar surface area (TPSA) is 71.8 Å². The maximum atomic E-state index is 12.6. The van der Waals surface area contributed by atoms with Crippen LogP contribution < -0.4 is 5.56 Å². The van der Waals surface area contributed by atoms with Crippen molar-refractivity contribution in [3.05, 3.63) is 58.5 Å². The number of benzene rings is 1. The molecule has 2 atom stereocenters. The highest BCUT2D eigenvalue weighted by molar-refractivity contribution is 5.70. The van der Waals surface area contributed by atoms with Gasteiger partial charge in [0.05, 0.1) is 6.04 Å². The number of carbonyl (C=O) groups is 1. The molecule has 1 fully saturated rings. The van der Waals surface area contributed by atoms with Crippen molar-refractivity contribution in [2.45, 2.75) is 44.8 Å². The lowest BCUT2D eigenvalue weighted by Gasteiger charge is -2.41. The number of aromatic nitrogens is 1. The van der Waals surface area contributed by atoms with Crippen LogP contribution >= 0.6 is 0 Å². The molecular formula is C22H28N2O4. The van der Waals surface area contributed by atoms with Gasteiger partial charge in [0.1, 0.15) is 5.60 Å². The second-order valence-electron chi connectivity index (χ2n) is 7.75. The van der Waals surface area contributed by atoms with Crippen molar-refractivity contribution >= 4 is 6.09 Å². The zero-order valence-electron chi connectivity index (χ0n) is 16.7. The minimum Gasteiger partial charge on any atom is -0.443 e. The van der Waals surface area contributed by atoms with E-state index in [9.17, 15) is 9.59 Å². The Morgan fingerprint density at radius 3 is 2.43 bits per heavy atom. The van der Waals surface area contributed by atoms with Gasteiger partial charge in [-0.05, 0) is 49.4 Å². The van der Waals surface area contributed by atoms with E-state index >= 15 is 0 Å². The van der Waals surface area contributed by atoms with Gasteiger partial charge in [-0.3, -0.25) is 4.79 Å². The molecule has 1 aromatic carbocycles. The zero-order valence-corrected chi connectivity index (χ0v) is 16.7. The molecule has 150 valence electrons. The molecule has 2 aromatic rings. The summed E-state index contributed by atoms with van der Waals surface area (Å²) in [4.78, 5) is 25.9. The zero-order chi connectivity index (χ0) is 20.3. The van der Waals surface area contributed by atoms with Crippen LogP contribution in [0.2, 0.25) is 0 Å². The summed E-state index contributed by atoms with van der Waals surface area (Å²) in [6, 6.07) is 11.3. The number of hydrogen-bond acceptors (Lipinski definition) is 4. The van der Waals surface area contributed by atoms with Crippen LogP contribution in [-0.4, -0.2) is 39.4 Å². The predicted octanol–water partition coefficient (Wildman–Crippen LogP) is 3.49. The van der Waals surface area contributed by atoms with Gasteiger partial charge in [0.25, 0.3) is 0 Å². The van der Waals surface area contributed by atoms with E-state index < -0.39 is 5.60 Å². The van der Waals surface area contributed by atoms with Gasteiger partial charge in [-0.15, -0.1) is 0 Å². The number of aliphatic hydroxyl groups excluding tert-OH is 1. The first kappa shape index (κ1) is 20.1. The Morgan fingerprint density at radius 2 is 1.82 bits per heavy atom. The maximum Gasteiger partial charge on any atom is 0.410 e. The SMILES string of the molecule is C[C@@H](c1ccc(-c2ccc(=O)n(C)c2)cc1)N1CC[C@@](C)(CCCO)OC1=O. The quantitative estimate of drug-likeness (QED) is 0.828. The standard InChI is InChI=1S/C22H28N2O4/c1-16(24-13-12-22(2,11-4-14-25)28-21(24)27)17-5-7-18(8-6-17)19-9-10-20(26)23(3)15-19/h5-10,15-16,25H,4,11-14H2,1-3H3/t16-,22+/m0/s1. The van der Waals surface area contributed by atoms with Crippen LogP contribution in [-0.2, 0) is 11.8 Å². The van der Waals surface area contributed by atoms with E-state index in [1.54, 1.807) is 22.6 Å². The number of nitrogens with zero attached hydrogens (tertiary/aromatic N) is 2. The molecular weight excluding hydrogens is 356 g/mol. The summed E-state index contributed by atoms with van der Waals surface area (Å²) in [5.41, 5.74) is 2.49. The fourth-order valence-corrected chi connectivity index (χ4v) is 3.65. The third-order valence-corrected chi connectivity index (χ3v) is 5.59. The number of ether oxygens (including phenoxy) is 1. The van der Waals surface area contributed by atoms with Crippen LogP contribution in [0.4, 0.5) is 4.79 Å². The molecule has 1 amide bonds. The molecule has 6 heteroatoms. The highest BCUT2D eigenvalue weighted by Crippen LogP contribution is 2.33. The summed E-state index contributed by atoms with van der Waals surface area (Å²) in [5.74, 6) is 0. The number of hydrogen-bond donors (Lipinski definition) is 1. The molecule has 0 saturated carbocycles. The Morgan fingerprint density at radius 1 is 1.14 bits per heavy atom. The first-order chi connectivity index (χ1) is 13.3. The fourth-order valence-electron chi connectivity index (χ4n) is 3.65. The van der Waals surface area contributed by atoms with Crippen LogP contribution in [0, 0.1) is 0 Å². The number of rotatable bonds is 6. The Bertz CT molecular complexity index is 890. The largest absolute Gasteiger partial charge is 0.443 e. The lowest BCUT2D eigenvalue weighted by atomic mass is 9.93. The van der Waals surface area contributed by atoms with Crippen molar-refractivity contribution < 1.29 is 14.6 Å². The molecule has 0 radical (unpaired) electrons. The Balaban J connectivity index is 1.71. The van der Waals surface area contributed by atoms with E-state index in [-0.39, 0.29) is 24.3 Å². The van der Waals surface area contributed by atoms with Crippen molar-refractivity contribution in [3.63, 3.8) is 0 Å². The molecule has 0 unspecified atom stereocenters. The lowest BCUT2D eigenvalue weighted by Crippen LogP contribution is -2.48. The Labute approximate surface area is 165 Å². The Hall–Kier alpha value is -2.60. The van der Waals surface area contributed by atoms with Gasteiger partial charge in [-0.1, -0.05) is 24.3 Å². The third kappa shape index (κ3) is 4.28. The highest BCUT2D eigenvalue weighted by Gasteiger charge is 2.38. The summed E-state index contributed by atoms with van der Waals surface area (Å²) in [6.07, 6.45) is 3.56. The van der Waals surface area contributed by atoms with Crippen molar-refractivity contribution in [1.29, 1.82) is 0 Å². The molecule has 0 spiro atoms. The summed E-state index contributed by atoms with van der Waals surface area (Å²) in [5, 5.41) is 9.03. The van der Waals surface area contributed by atoms with Gasteiger partial charge in [0, 0.05) is 38.9 Å². The van der Waals surface area contributed by atoms with Crippen molar-refractivity contribution in [2.24, 2.45) is 7.05 Å². The number of amides is 1. The minimum absolute atomic E-state index is 0.0383. The van der Waals surface area contributed by atoms with Gasteiger partial charge in [-0.2, -0.15) is 0 Å². The first-order valence-electron chi connectivity index (χ1n) is 9.70. The molecule has 28 heavy (non-hydrogen) atoms. The van der Waals surface area contributed by atoms with Crippen LogP contribution in [0.1, 0.15) is 44.7 Å². The molecule has 0 aliphatic carbocycles. The fraction of sp³-hybridized carbons (Fsp3) is 0.455. The number of aryl methyl sites for hydroxylation is 1. The van der Waals surface area contributed by atoms with Gasteiger partial charge < -0.3 is 19.3 Å². The maximum absolute atomic E-state index is 12.6. The number of carbonyl (C=O) groups excluding carboxylic acids is 1. The van der Waals surface area contributed by atoms with E-state index in [0.29, 0.717) is 19.4 Å². The van der Waals surface area contributed by atoms with E-state index in [2.05, 4.69) is 0 Å². The molecule has 1 aromatic heterocycles. The highest BCUT2D eigenvalue weighted by atomic mass is 16.6. The normalized spacial score (nSPS) is 20.7. The third-order valence-electron chi connectivity index (χ3n) is 5.59. The second-order valence-corrected chi connectivity index (χ2v) is 7.75. The Kier molecular flexibility index (Phi) is 5.89. The summed E-state index contributed by atoms with van der Waals surface area (Å²) < 4.78 is 7.25. The van der Waals surface area contributed by atoms with E-state index in [0.717, 1.165) is 23.1 Å². The van der Waals surface area contributed by atoms with Gasteiger partial charge in [-0.25, -0.2) is 4.79 Å². The molecule has 1 N–H and O–H groups in total. The average molecular weight is 384 g/mol. The van der Waals surface area contributed by atoms with Gasteiger partial charge in [0.15, 0.2) is 0 Å². The number of pyridine rings is 1. The van der Waals surface area contributed by atoms with Gasteiger partial charge >= 0.3 is 6.09 Å². The van der Waals surface area contributed by atoms with Crippen molar-refractivity contribution in [1.82, 2.24) is 9.47 Å². The second kappa shape index (κ2) is 8.19. The predicted molar refractivity (Wildman–Crippen MR) is 108 cm³/mol. The lowest BCUT2D eigenvalue weighted by molar-refractivity contribution is -0.0521. The summed E-state index contributed by atoms with van der Waals surface area (Å²) in [7, 11) is 1.73. The summed E-state index contributed by atoms with van der Waals surface area (Å²) in [6.45, 7) is 4.67. The average Bonchev–Trinajstić information content (AvgIpc) is 2.68. The molecule has 3 rings (SSSR count). The molecule has 2 heterocycles. The van der Waals surface area contributed by atoms with Crippen LogP contribution in [0.3, 0.4) is 0 Å². The van der Waals surface area contributed by atoms with Crippen molar-refractivity contribution in [2.75, 3.05) is 13.2 Å². The molecule has 1 aliphatic heterocycles. The van der Waals surface area contributed by atoms with E-state index in [1.165, 1.54) is 0 Å². The molecule has 0 bridgehead atoms. The molecule has 1 saturated heterocycles.